The SMILES string of the molecule is CN(C)CCCC[C@H](NC(=O)[C@H](CS)NC(=O)C(C)(C)CS)C(=O)O. The second-order valence-corrected chi connectivity index (χ2v) is 7.63. The third kappa shape index (κ3) is 9.37. The van der Waals surface area contributed by atoms with Gasteiger partial charge in [-0.25, -0.2) is 4.79 Å². The lowest BCUT2D eigenvalue weighted by molar-refractivity contribution is -0.142. The van der Waals surface area contributed by atoms with Crippen LogP contribution in [0.2, 0.25) is 0 Å². The minimum Gasteiger partial charge on any atom is -0.480 e. The Kier molecular flexibility index (Phi) is 11.2. The van der Waals surface area contributed by atoms with Gasteiger partial charge in [-0.2, -0.15) is 25.3 Å². The van der Waals surface area contributed by atoms with Crippen LogP contribution in [-0.2, 0) is 14.4 Å². The van der Waals surface area contributed by atoms with E-state index in [-0.39, 0.29) is 11.7 Å². The predicted molar refractivity (Wildman–Crippen MR) is 105 cm³/mol. The zero-order valence-electron chi connectivity index (χ0n) is 15.4. The van der Waals surface area contributed by atoms with E-state index in [1.807, 2.05) is 19.0 Å². The quantitative estimate of drug-likeness (QED) is 0.248. The normalized spacial score (nSPS) is 14.0. The van der Waals surface area contributed by atoms with Crippen LogP contribution in [0.4, 0.5) is 0 Å². The first-order chi connectivity index (χ1) is 11.5. The van der Waals surface area contributed by atoms with Crippen LogP contribution in [0, 0.1) is 5.41 Å². The largest absolute Gasteiger partial charge is 0.480 e. The second-order valence-electron chi connectivity index (χ2n) is 6.95. The molecule has 9 heteroatoms. The molecule has 2 atom stereocenters. The molecule has 146 valence electrons. The number of carbonyl (C=O) groups is 3. The summed E-state index contributed by atoms with van der Waals surface area (Å²) in [5.41, 5.74) is -0.733. The first-order valence-electron chi connectivity index (χ1n) is 8.25. The number of aliphatic carboxylic acids is 1. The fourth-order valence-corrected chi connectivity index (χ4v) is 2.33. The van der Waals surface area contributed by atoms with E-state index in [1.54, 1.807) is 13.8 Å². The highest BCUT2D eigenvalue weighted by Gasteiger charge is 2.31. The number of carbonyl (C=O) groups excluding carboxylic acids is 2. The molecule has 0 saturated carbocycles. The molecule has 0 aliphatic carbocycles. The molecule has 0 bridgehead atoms. The van der Waals surface area contributed by atoms with E-state index in [0.717, 1.165) is 13.0 Å². The van der Waals surface area contributed by atoms with E-state index >= 15 is 0 Å². The predicted octanol–water partition coefficient (Wildman–Crippen LogP) is 0.658. The van der Waals surface area contributed by atoms with Gasteiger partial charge in [0.1, 0.15) is 12.1 Å². The number of nitrogens with one attached hydrogen (secondary N) is 2. The monoisotopic (exact) mass is 393 g/mol. The van der Waals surface area contributed by atoms with Gasteiger partial charge in [0, 0.05) is 11.5 Å². The summed E-state index contributed by atoms with van der Waals surface area (Å²) in [7, 11) is 3.89. The van der Waals surface area contributed by atoms with E-state index < -0.39 is 29.4 Å². The average Bonchev–Trinajstić information content (AvgIpc) is 2.54. The van der Waals surface area contributed by atoms with Crippen LogP contribution < -0.4 is 10.6 Å². The molecule has 0 rings (SSSR count). The van der Waals surface area contributed by atoms with Crippen molar-refractivity contribution >= 4 is 43.0 Å². The van der Waals surface area contributed by atoms with Gasteiger partial charge in [0.25, 0.3) is 0 Å². The summed E-state index contributed by atoms with van der Waals surface area (Å²) in [5.74, 6) is -1.55. The van der Waals surface area contributed by atoms with E-state index in [4.69, 9.17) is 0 Å². The lowest BCUT2D eigenvalue weighted by Gasteiger charge is -2.25. The number of rotatable bonds is 12. The zero-order valence-corrected chi connectivity index (χ0v) is 17.2. The van der Waals surface area contributed by atoms with Crippen molar-refractivity contribution in [3.63, 3.8) is 0 Å². The molecule has 0 fully saturated rings. The Labute approximate surface area is 161 Å². The lowest BCUT2D eigenvalue weighted by Crippen LogP contribution is -2.54. The maximum Gasteiger partial charge on any atom is 0.326 e. The van der Waals surface area contributed by atoms with E-state index in [2.05, 4.69) is 35.9 Å². The molecule has 0 aromatic carbocycles. The Bertz CT molecular complexity index is 459. The highest BCUT2D eigenvalue weighted by atomic mass is 32.1. The average molecular weight is 394 g/mol. The fraction of sp³-hybridized carbons (Fsp3) is 0.812. The van der Waals surface area contributed by atoms with Gasteiger partial charge in [0.15, 0.2) is 0 Å². The number of hydrogen-bond donors (Lipinski definition) is 5. The van der Waals surface area contributed by atoms with Crippen LogP contribution in [0.15, 0.2) is 0 Å². The van der Waals surface area contributed by atoms with Crippen molar-refractivity contribution in [2.75, 3.05) is 32.1 Å². The molecule has 25 heavy (non-hydrogen) atoms. The molecule has 2 amide bonds. The Morgan fingerprint density at radius 2 is 1.68 bits per heavy atom. The topological polar surface area (TPSA) is 98.7 Å². The van der Waals surface area contributed by atoms with Crippen molar-refractivity contribution < 1.29 is 19.5 Å². The summed E-state index contributed by atoms with van der Waals surface area (Å²) in [4.78, 5) is 37.9. The number of amides is 2. The summed E-state index contributed by atoms with van der Waals surface area (Å²) in [6.45, 7) is 4.29. The van der Waals surface area contributed by atoms with Crippen LogP contribution in [0.25, 0.3) is 0 Å². The van der Waals surface area contributed by atoms with Crippen LogP contribution >= 0.6 is 25.3 Å². The molecule has 0 spiro atoms. The molecule has 0 saturated heterocycles. The van der Waals surface area contributed by atoms with E-state index in [1.165, 1.54) is 0 Å². The summed E-state index contributed by atoms with van der Waals surface area (Å²) in [5, 5.41) is 14.4. The van der Waals surface area contributed by atoms with E-state index in [9.17, 15) is 19.5 Å². The van der Waals surface area contributed by atoms with Gasteiger partial charge >= 0.3 is 5.97 Å². The van der Waals surface area contributed by atoms with Crippen molar-refractivity contribution in [3.8, 4) is 0 Å². The van der Waals surface area contributed by atoms with Gasteiger partial charge in [0.05, 0.1) is 5.41 Å². The molecule has 0 aliphatic rings. The number of nitrogens with zero attached hydrogens (tertiary/aromatic N) is 1. The van der Waals surface area contributed by atoms with Gasteiger partial charge in [-0.3, -0.25) is 9.59 Å². The number of carboxylic acids is 1. The molecule has 0 radical (unpaired) electrons. The van der Waals surface area contributed by atoms with Crippen molar-refractivity contribution in [3.05, 3.63) is 0 Å². The minimum atomic E-state index is -1.09. The first-order valence-corrected chi connectivity index (χ1v) is 9.52. The molecule has 7 nitrogen and oxygen atoms in total. The van der Waals surface area contributed by atoms with Gasteiger partial charge < -0.3 is 20.6 Å². The third-order valence-electron chi connectivity index (χ3n) is 3.78. The smallest absolute Gasteiger partial charge is 0.326 e. The molecular formula is C16H31N3O4S2. The van der Waals surface area contributed by atoms with Gasteiger partial charge in [-0.1, -0.05) is 13.8 Å². The van der Waals surface area contributed by atoms with Gasteiger partial charge in [0.2, 0.25) is 11.8 Å². The van der Waals surface area contributed by atoms with Crippen molar-refractivity contribution in [2.24, 2.45) is 5.41 Å². The molecule has 0 unspecified atom stereocenters. The summed E-state index contributed by atoms with van der Waals surface area (Å²) in [6, 6.07) is -1.87. The van der Waals surface area contributed by atoms with Crippen molar-refractivity contribution in [1.82, 2.24) is 15.5 Å². The lowest BCUT2D eigenvalue weighted by atomic mass is 9.95. The molecule has 3 N–H and O–H groups in total. The number of carboxylic acid groups (broad SMARTS) is 1. The maximum atomic E-state index is 12.3. The Morgan fingerprint density at radius 1 is 1.08 bits per heavy atom. The summed E-state index contributed by atoms with van der Waals surface area (Å²) >= 11 is 8.22. The summed E-state index contributed by atoms with van der Waals surface area (Å²) < 4.78 is 0. The fourth-order valence-electron chi connectivity index (χ4n) is 1.93. The minimum absolute atomic E-state index is 0.0766. The number of hydrogen-bond acceptors (Lipinski definition) is 6. The third-order valence-corrected chi connectivity index (χ3v) is 4.93. The number of thiol groups is 2. The Hall–Kier alpha value is -0.930. The second kappa shape index (κ2) is 11.6. The van der Waals surface area contributed by atoms with Crippen molar-refractivity contribution in [2.45, 2.75) is 45.2 Å². The maximum absolute atomic E-state index is 12.3. The van der Waals surface area contributed by atoms with Crippen molar-refractivity contribution in [1.29, 1.82) is 0 Å². The first kappa shape index (κ1) is 24.1. The van der Waals surface area contributed by atoms with Crippen LogP contribution in [0.1, 0.15) is 33.1 Å². The molecule has 0 heterocycles. The highest BCUT2D eigenvalue weighted by Crippen LogP contribution is 2.17. The van der Waals surface area contributed by atoms with Crippen LogP contribution in [0.3, 0.4) is 0 Å². The van der Waals surface area contributed by atoms with Gasteiger partial charge in [-0.15, -0.1) is 0 Å². The van der Waals surface area contributed by atoms with E-state index in [0.29, 0.717) is 18.6 Å². The summed E-state index contributed by atoms with van der Waals surface area (Å²) in [6.07, 6.45) is 1.86. The Morgan fingerprint density at radius 3 is 2.12 bits per heavy atom. The Balaban J connectivity index is 4.68. The molecular weight excluding hydrogens is 362 g/mol. The van der Waals surface area contributed by atoms with Crippen LogP contribution in [-0.4, -0.2) is 72.0 Å². The standard InChI is InChI=1S/C16H31N3O4S2/c1-16(2,10-25)15(23)18-12(9-24)13(20)17-11(14(21)22)7-5-6-8-19(3)4/h11-12,24-25H,5-10H2,1-4H3,(H,17,20)(H,18,23)(H,21,22)/t11-,12-/m0/s1. The molecule has 0 aromatic heterocycles. The highest BCUT2D eigenvalue weighted by molar-refractivity contribution is 7.80. The molecule has 0 aromatic rings. The van der Waals surface area contributed by atoms with Gasteiger partial charge in [-0.05, 0) is 39.9 Å². The van der Waals surface area contributed by atoms with Crippen LogP contribution in [0.5, 0.6) is 0 Å². The zero-order chi connectivity index (χ0) is 19.6. The molecule has 0 aliphatic heterocycles. The number of unbranched alkanes of at least 4 members (excludes halogenated alkanes) is 1.